The molecule has 142 valence electrons. The minimum Gasteiger partial charge on any atom is -0.493 e. The molecule has 1 heterocycles. The molecule has 0 unspecified atom stereocenters. The standard InChI is InChI=1S/C20H15BrN2O4S/c1-26-17-10-13(7-8-16(17)27-20(25)18-6-3-9-28-18)12-22-23-19(24)14-4-2-5-15(21)11-14/h2-12H,1H3,(H,23,24)/b22-12+. The van der Waals surface area contributed by atoms with Crippen LogP contribution in [0.1, 0.15) is 25.6 Å². The molecule has 0 saturated heterocycles. The Kier molecular flexibility index (Phi) is 6.57. The zero-order valence-electron chi connectivity index (χ0n) is 14.7. The molecule has 0 aliphatic carbocycles. The molecule has 0 spiro atoms. The van der Waals surface area contributed by atoms with Gasteiger partial charge in [-0.1, -0.05) is 28.1 Å². The Labute approximate surface area is 173 Å². The van der Waals surface area contributed by atoms with E-state index in [4.69, 9.17) is 9.47 Å². The summed E-state index contributed by atoms with van der Waals surface area (Å²) in [6, 6.07) is 15.4. The van der Waals surface area contributed by atoms with Crippen molar-refractivity contribution in [3.05, 3.63) is 80.5 Å². The molecule has 2 aromatic carbocycles. The van der Waals surface area contributed by atoms with Gasteiger partial charge in [0.15, 0.2) is 11.5 Å². The van der Waals surface area contributed by atoms with E-state index in [0.29, 0.717) is 27.5 Å². The van der Waals surface area contributed by atoms with Crippen molar-refractivity contribution in [3.63, 3.8) is 0 Å². The van der Waals surface area contributed by atoms with Crippen LogP contribution in [0.2, 0.25) is 0 Å². The van der Waals surface area contributed by atoms with E-state index in [2.05, 4.69) is 26.5 Å². The first-order valence-electron chi connectivity index (χ1n) is 8.09. The fraction of sp³-hybridized carbons (Fsp3) is 0.0500. The van der Waals surface area contributed by atoms with E-state index < -0.39 is 5.97 Å². The summed E-state index contributed by atoms with van der Waals surface area (Å²) in [4.78, 5) is 24.7. The SMILES string of the molecule is COc1cc(/C=N/NC(=O)c2cccc(Br)c2)ccc1OC(=O)c1cccs1. The zero-order valence-corrected chi connectivity index (χ0v) is 17.1. The number of methoxy groups -OCH3 is 1. The average Bonchev–Trinajstić information content (AvgIpc) is 3.24. The van der Waals surface area contributed by atoms with Gasteiger partial charge in [-0.2, -0.15) is 5.10 Å². The maximum atomic E-state index is 12.1. The number of nitrogens with zero attached hydrogens (tertiary/aromatic N) is 1. The maximum absolute atomic E-state index is 12.1. The molecule has 0 saturated carbocycles. The first kappa shape index (κ1) is 19.8. The molecular formula is C20H15BrN2O4S. The third-order valence-corrected chi connectivity index (χ3v) is 4.92. The van der Waals surface area contributed by atoms with Crippen molar-refractivity contribution in [1.29, 1.82) is 0 Å². The van der Waals surface area contributed by atoms with Crippen LogP contribution in [0.3, 0.4) is 0 Å². The van der Waals surface area contributed by atoms with Crippen LogP contribution in [0.5, 0.6) is 11.5 Å². The third-order valence-electron chi connectivity index (χ3n) is 3.58. The molecule has 0 fully saturated rings. The lowest BCUT2D eigenvalue weighted by molar-refractivity contribution is 0.0734. The molecule has 6 nitrogen and oxygen atoms in total. The van der Waals surface area contributed by atoms with Crippen LogP contribution in [0, 0.1) is 0 Å². The highest BCUT2D eigenvalue weighted by molar-refractivity contribution is 9.10. The van der Waals surface area contributed by atoms with Crippen LogP contribution >= 0.6 is 27.3 Å². The molecule has 0 bridgehead atoms. The Morgan fingerprint density at radius 3 is 2.68 bits per heavy atom. The smallest absolute Gasteiger partial charge is 0.353 e. The molecule has 0 aliphatic heterocycles. The first-order valence-corrected chi connectivity index (χ1v) is 9.77. The minimum atomic E-state index is -0.448. The number of hydrazone groups is 1. The van der Waals surface area contributed by atoms with Crippen LogP contribution in [-0.4, -0.2) is 25.2 Å². The summed E-state index contributed by atoms with van der Waals surface area (Å²) in [5.74, 6) is -0.0922. The average molecular weight is 459 g/mol. The van der Waals surface area contributed by atoms with Gasteiger partial charge in [-0.15, -0.1) is 11.3 Å². The molecule has 28 heavy (non-hydrogen) atoms. The predicted octanol–water partition coefficient (Wildman–Crippen LogP) is 4.50. The maximum Gasteiger partial charge on any atom is 0.353 e. The second kappa shape index (κ2) is 9.29. The highest BCUT2D eigenvalue weighted by Crippen LogP contribution is 2.28. The molecule has 1 N–H and O–H groups in total. The number of amides is 1. The van der Waals surface area contributed by atoms with Gasteiger partial charge >= 0.3 is 5.97 Å². The summed E-state index contributed by atoms with van der Waals surface area (Å²) >= 11 is 4.62. The monoisotopic (exact) mass is 458 g/mol. The molecule has 1 aromatic heterocycles. The Bertz CT molecular complexity index is 1020. The molecular weight excluding hydrogens is 444 g/mol. The Morgan fingerprint density at radius 1 is 1.11 bits per heavy atom. The summed E-state index contributed by atoms with van der Waals surface area (Å²) < 4.78 is 11.5. The largest absolute Gasteiger partial charge is 0.493 e. The lowest BCUT2D eigenvalue weighted by Gasteiger charge is -2.09. The highest BCUT2D eigenvalue weighted by Gasteiger charge is 2.13. The number of thiophene rings is 1. The van der Waals surface area contributed by atoms with Gasteiger partial charge in [-0.05, 0) is 53.4 Å². The number of benzene rings is 2. The fourth-order valence-electron chi connectivity index (χ4n) is 2.25. The van der Waals surface area contributed by atoms with Gasteiger partial charge in [0.2, 0.25) is 0 Å². The fourth-order valence-corrected chi connectivity index (χ4v) is 3.25. The van der Waals surface area contributed by atoms with Crippen molar-refractivity contribution in [1.82, 2.24) is 5.43 Å². The van der Waals surface area contributed by atoms with Crippen LogP contribution in [0.15, 0.2) is 69.6 Å². The van der Waals surface area contributed by atoms with Gasteiger partial charge in [0, 0.05) is 10.0 Å². The number of ether oxygens (including phenoxy) is 2. The van der Waals surface area contributed by atoms with Crippen LogP contribution in [0.4, 0.5) is 0 Å². The first-order chi connectivity index (χ1) is 13.6. The summed E-state index contributed by atoms with van der Waals surface area (Å²) in [6.07, 6.45) is 1.48. The van der Waals surface area contributed by atoms with Crippen molar-refractivity contribution in [3.8, 4) is 11.5 Å². The number of halogens is 1. The second-order valence-electron chi connectivity index (χ2n) is 5.49. The molecule has 0 radical (unpaired) electrons. The number of hydrogen-bond donors (Lipinski definition) is 1. The number of nitrogens with one attached hydrogen (secondary N) is 1. The van der Waals surface area contributed by atoms with Gasteiger partial charge in [0.25, 0.3) is 5.91 Å². The number of esters is 1. The van der Waals surface area contributed by atoms with Crippen LogP contribution in [0.25, 0.3) is 0 Å². The summed E-state index contributed by atoms with van der Waals surface area (Å²) in [6.45, 7) is 0. The van der Waals surface area contributed by atoms with Crippen LogP contribution < -0.4 is 14.9 Å². The van der Waals surface area contributed by atoms with Crippen molar-refractivity contribution in [2.45, 2.75) is 0 Å². The lowest BCUT2D eigenvalue weighted by atomic mass is 10.2. The van der Waals surface area contributed by atoms with Gasteiger partial charge < -0.3 is 9.47 Å². The van der Waals surface area contributed by atoms with Gasteiger partial charge in [-0.25, -0.2) is 10.2 Å². The predicted molar refractivity (Wildman–Crippen MR) is 111 cm³/mol. The van der Waals surface area contributed by atoms with E-state index in [1.165, 1.54) is 24.7 Å². The van der Waals surface area contributed by atoms with E-state index in [-0.39, 0.29) is 5.91 Å². The van der Waals surface area contributed by atoms with Gasteiger partial charge in [0.05, 0.1) is 13.3 Å². The number of carbonyl (C=O) groups excluding carboxylic acids is 2. The Morgan fingerprint density at radius 2 is 1.96 bits per heavy atom. The van der Waals surface area contributed by atoms with E-state index >= 15 is 0 Å². The lowest BCUT2D eigenvalue weighted by Crippen LogP contribution is -2.17. The molecule has 3 aromatic rings. The normalized spacial score (nSPS) is 10.6. The van der Waals surface area contributed by atoms with Gasteiger partial charge in [0.1, 0.15) is 4.88 Å². The highest BCUT2D eigenvalue weighted by atomic mass is 79.9. The molecule has 0 aliphatic rings. The van der Waals surface area contributed by atoms with Crippen molar-refractivity contribution in [2.24, 2.45) is 5.10 Å². The quantitative estimate of drug-likeness (QED) is 0.255. The topological polar surface area (TPSA) is 77.0 Å². The zero-order chi connectivity index (χ0) is 19.9. The van der Waals surface area contributed by atoms with Gasteiger partial charge in [-0.3, -0.25) is 4.79 Å². The van der Waals surface area contributed by atoms with Crippen LogP contribution in [-0.2, 0) is 0 Å². The molecule has 0 atom stereocenters. The third kappa shape index (κ3) is 5.05. The molecule has 3 rings (SSSR count). The Hall–Kier alpha value is -2.97. The van der Waals surface area contributed by atoms with E-state index in [1.54, 1.807) is 53.9 Å². The second-order valence-corrected chi connectivity index (χ2v) is 7.35. The van der Waals surface area contributed by atoms with E-state index in [0.717, 1.165) is 4.47 Å². The van der Waals surface area contributed by atoms with E-state index in [9.17, 15) is 9.59 Å². The summed E-state index contributed by atoms with van der Waals surface area (Å²) in [7, 11) is 1.48. The van der Waals surface area contributed by atoms with Crippen molar-refractivity contribution < 1.29 is 19.1 Å². The van der Waals surface area contributed by atoms with Crippen molar-refractivity contribution >= 4 is 45.4 Å². The molecule has 8 heteroatoms. The summed E-state index contributed by atoms with van der Waals surface area (Å²) in [5.41, 5.74) is 3.62. The molecule has 1 amide bonds. The minimum absolute atomic E-state index is 0.302. The summed E-state index contributed by atoms with van der Waals surface area (Å²) in [5, 5.41) is 5.75. The van der Waals surface area contributed by atoms with Crippen molar-refractivity contribution in [2.75, 3.05) is 7.11 Å². The number of hydrogen-bond acceptors (Lipinski definition) is 6. The number of carbonyl (C=O) groups is 2. The Balaban J connectivity index is 1.67. The number of rotatable bonds is 6. The van der Waals surface area contributed by atoms with E-state index in [1.807, 2.05) is 6.07 Å².